The number of benzene rings is 1. The molecule has 0 N–H and O–H groups in total. The van der Waals surface area contributed by atoms with Crippen molar-refractivity contribution >= 4 is 0 Å². The van der Waals surface area contributed by atoms with Crippen molar-refractivity contribution in [3.05, 3.63) is 35.9 Å². The average molecular weight is 230 g/mol. The molecule has 1 spiro atoms. The van der Waals surface area contributed by atoms with E-state index in [1.165, 1.54) is 50.5 Å². The lowest BCUT2D eigenvalue weighted by atomic mass is 9.88. The average Bonchev–Trinajstić information content (AvgIpc) is 3.27. The fourth-order valence-electron chi connectivity index (χ4n) is 3.18. The molecule has 1 unspecified atom stereocenters. The minimum atomic E-state index is 0.0992. The minimum Gasteiger partial charge on any atom is -0.357 e. The molecule has 3 rings (SSSR count). The molecule has 0 radical (unpaired) electrons. The van der Waals surface area contributed by atoms with Crippen molar-refractivity contribution in [2.24, 2.45) is 0 Å². The Bertz CT molecular complexity index is 380. The predicted molar refractivity (Wildman–Crippen MR) is 69.9 cm³/mol. The van der Waals surface area contributed by atoms with Crippen molar-refractivity contribution in [2.75, 3.05) is 0 Å². The summed E-state index contributed by atoms with van der Waals surface area (Å²) >= 11 is 0. The third kappa shape index (κ3) is 1.81. The lowest BCUT2D eigenvalue weighted by Gasteiger charge is -2.13. The molecule has 2 fully saturated rings. The molecule has 1 nitrogen and oxygen atoms in total. The molecule has 1 heterocycles. The van der Waals surface area contributed by atoms with Gasteiger partial charge in [0, 0.05) is 0 Å². The van der Waals surface area contributed by atoms with E-state index in [1.807, 2.05) is 0 Å². The van der Waals surface area contributed by atoms with E-state index in [-0.39, 0.29) is 11.2 Å². The highest BCUT2D eigenvalue weighted by atomic mass is 16.6. The van der Waals surface area contributed by atoms with E-state index in [1.54, 1.807) is 0 Å². The Morgan fingerprint density at radius 1 is 1.06 bits per heavy atom. The molecular formula is C16H22O. The smallest absolute Gasteiger partial charge is 0.123 e. The van der Waals surface area contributed by atoms with Crippen LogP contribution in [0.2, 0.25) is 0 Å². The van der Waals surface area contributed by atoms with Gasteiger partial charge in [-0.15, -0.1) is 0 Å². The fraction of sp³-hybridized carbons (Fsp3) is 0.625. The zero-order valence-corrected chi connectivity index (χ0v) is 10.7. The molecule has 0 bridgehead atoms. The lowest BCUT2D eigenvalue weighted by Crippen LogP contribution is -2.13. The van der Waals surface area contributed by atoms with E-state index in [9.17, 15) is 0 Å². The van der Waals surface area contributed by atoms with Crippen LogP contribution in [0, 0.1) is 0 Å². The molecule has 1 aromatic rings. The van der Waals surface area contributed by atoms with Crippen molar-refractivity contribution in [2.45, 2.75) is 63.1 Å². The topological polar surface area (TPSA) is 12.5 Å². The third-order valence-corrected chi connectivity index (χ3v) is 4.39. The van der Waals surface area contributed by atoms with Crippen molar-refractivity contribution < 1.29 is 4.74 Å². The highest BCUT2D eigenvalue weighted by molar-refractivity contribution is 5.38. The van der Waals surface area contributed by atoms with Crippen LogP contribution in [0.15, 0.2) is 30.3 Å². The van der Waals surface area contributed by atoms with Gasteiger partial charge in [0.2, 0.25) is 0 Å². The molecule has 1 aliphatic heterocycles. The summed E-state index contributed by atoms with van der Waals surface area (Å²) in [6.07, 6.45) is 9.10. The first-order chi connectivity index (χ1) is 8.33. The van der Waals surface area contributed by atoms with Gasteiger partial charge in [-0.25, -0.2) is 0 Å². The number of rotatable bonds is 6. The van der Waals surface area contributed by atoms with Gasteiger partial charge in [0.1, 0.15) is 11.2 Å². The van der Waals surface area contributed by atoms with Crippen molar-refractivity contribution in [3.63, 3.8) is 0 Å². The summed E-state index contributed by atoms with van der Waals surface area (Å²) in [6, 6.07) is 10.9. The Kier molecular flexibility index (Phi) is 2.74. The quantitative estimate of drug-likeness (QED) is 0.521. The molecule has 0 aromatic heterocycles. The lowest BCUT2D eigenvalue weighted by molar-refractivity contribution is 0.274. The van der Waals surface area contributed by atoms with Gasteiger partial charge in [0.05, 0.1) is 0 Å². The maximum absolute atomic E-state index is 6.17. The zero-order chi connectivity index (χ0) is 11.8. The van der Waals surface area contributed by atoms with Gasteiger partial charge in [0.25, 0.3) is 0 Å². The molecule has 0 amide bonds. The van der Waals surface area contributed by atoms with E-state index >= 15 is 0 Å². The summed E-state index contributed by atoms with van der Waals surface area (Å²) < 4.78 is 6.17. The Hall–Kier alpha value is -0.820. The van der Waals surface area contributed by atoms with Gasteiger partial charge in [-0.2, -0.15) is 0 Å². The Balaban J connectivity index is 1.68. The van der Waals surface area contributed by atoms with Crippen LogP contribution >= 0.6 is 0 Å². The van der Waals surface area contributed by atoms with Crippen LogP contribution in [0.4, 0.5) is 0 Å². The summed E-state index contributed by atoms with van der Waals surface area (Å²) in [7, 11) is 0. The van der Waals surface area contributed by atoms with Gasteiger partial charge in [-0.05, 0) is 24.8 Å². The first-order valence-corrected chi connectivity index (χ1v) is 7.09. The molecule has 1 saturated heterocycles. The largest absolute Gasteiger partial charge is 0.357 e. The van der Waals surface area contributed by atoms with E-state index < -0.39 is 0 Å². The van der Waals surface area contributed by atoms with E-state index in [0.717, 1.165) is 0 Å². The third-order valence-electron chi connectivity index (χ3n) is 4.39. The molecule has 1 aromatic carbocycles. The van der Waals surface area contributed by atoms with Gasteiger partial charge < -0.3 is 4.74 Å². The van der Waals surface area contributed by atoms with Crippen LogP contribution in [-0.4, -0.2) is 5.60 Å². The number of hydrogen-bond acceptors (Lipinski definition) is 1. The maximum Gasteiger partial charge on any atom is 0.123 e. The SMILES string of the molecule is CCCCCCC1(c2ccccc2)OC12CC2. The first kappa shape index (κ1) is 11.3. The highest BCUT2D eigenvalue weighted by Crippen LogP contribution is 2.71. The second-order valence-corrected chi connectivity index (χ2v) is 5.60. The number of hydrogen-bond donors (Lipinski definition) is 0. The van der Waals surface area contributed by atoms with Crippen LogP contribution in [0.25, 0.3) is 0 Å². The summed E-state index contributed by atoms with van der Waals surface area (Å²) in [5.74, 6) is 0. The summed E-state index contributed by atoms with van der Waals surface area (Å²) in [4.78, 5) is 0. The number of unbranched alkanes of at least 4 members (excludes halogenated alkanes) is 3. The Morgan fingerprint density at radius 2 is 1.82 bits per heavy atom. The van der Waals surface area contributed by atoms with Gasteiger partial charge in [0.15, 0.2) is 0 Å². The van der Waals surface area contributed by atoms with Crippen LogP contribution in [-0.2, 0) is 10.3 Å². The number of ether oxygens (including phenoxy) is 1. The van der Waals surface area contributed by atoms with Crippen LogP contribution in [0.3, 0.4) is 0 Å². The monoisotopic (exact) mass is 230 g/mol. The zero-order valence-electron chi connectivity index (χ0n) is 10.7. The second-order valence-electron chi connectivity index (χ2n) is 5.60. The minimum absolute atomic E-state index is 0.0992. The molecule has 17 heavy (non-hydrogen) atoms. The number of epoxide rings is 1. The van der Waals surface area contributed by atoms with E-state index in [4.69, 9.17) is 4.74 Å². The molecule has 1 aliphatic carbocycles. The normalized spacial score (nSPS) is 28.3. The van der Waals surface area contributed by atoms with Gasteiger partial charge in [-0.1, -0.05) is 62.9 Å². The van der Waals surface area contributed by atoms with E-state index in [0.29, 0.717) is 0 Å². The van der Waals surface area contributed by atoms with Crippen LogP contribution < -0.4 is 0 Å². The molecule has 1 saturated carbocycles. The summed E-state index contributed by atoms with van der Waals surface area (Å²) in [5.41, 5.74) is 1.77. The van der Waals surface area contributed by atoms with Crippen LogP contribution in [0.5, 0.6) is 0 Å². The molecule has 1 heteroatoms. The molecule has 92 valence electrons. The second kappa shape index (κ2) is 4.13. The summed E-state index contributed by atoms with van der Waals surface area (Å²) in [5, 5.41) is 0. The standard InChI is InChI=1S/C16H22O/c1-2-3-4-8-11-16(15(17-16)12-13-15)14-9-6-5-7-10-14/h5-7,9-10H,2-4,8,11-13H2,1H3. The Labute approximate surface area is 104 Å². The van der Waals surface area contributed by atoms with Crippen molar-refractivity contribution in [3.8, 4) is 0 Å². The van der Waals surface area contributed by atoms with Crippen molar-refractivity contribution in [1.82, 2.24) is 0 Å². The molecular weight excluding hydrogens is 208 g/mol. The maximum atomic E-state index is 6.17. The molecule has 2 aliphatic rings. The summed E-state index contributed by atoms with van der Waals surface area (Å²) in [6.45, 7) is 2.27. The van der Waals surface area contributed by atoms with Crippen molar-refractivity contribution in [1.29, 1.82) is 0 Å². The predicted octanol–water partition coefficient (Wildman–Crippen LogP) is 4.42. The Morgan fingerprint density at radius 3 is 2.41 bits per heavy atom. The molecule has 1 atom stereocenters. The van der Waals surface area contributed by atoms with Gasteiger partial charge in [-0.3, -0.25) is 0 Å². The first-order valence-electron chi connectivity index (χ1n) is 7.09. The van der Waals surface area contributed by atoms with Crippen LogP contribution in [0.1, 0.15) is 57.4 Å². The van der Waals surface area contributed by atoms with Gasteiger partial charge >= 0.3 is 0 Å². The fourth-order valence-corrected chi connectivity index (χ4v) is 3.18. The van der Waals surface area contributed by atoms with E-state index in [2.05, 4.69) is 37.3 Å². The highest BCUT2D eigenvalue weighted by Gasteiger charge is 2.76.